The van der Waals surface area contributed by atoms with Crippen LogP contribution >= 0.6 is 23.2 Å². The van der Waals surface area contributed by atoms with Gasteiger partial charge in [0.1, 0.15) is 0 Å². The first-order valence-corrected chi connectivity index (χ1v) is 14.3. The Morgan fingerprint density at radius 1 is 0.900 bits per heavy atom. The molecule has 0 atom stereocenters. The van der Waals surface area contributed by atoms with Crippen molar-refractivity contribution in [2.45, 2.75) is 39.3 Å². The fourth-order valence-electron chi connectivity index (χ4n) is 4.80. The van der Waals surface area contributed by atoms with Crippen molar-refractivity contribution >= 4 is 46.0 Å². The number of esters is 1. The van der Waals surface area contributed by atoms with Crippen LogP contribution in [0.3, 0.4) is 0 Å². The van der Waals surface area contributed by atoms with Crippen LogP contribution < -0.4 is 0 Å². The van der Waals surface area contributed by atoms with Gasteiger partial charge in [-0.3, -0.25) is 9.69 Å². The van der Waals surface area contributed by atoms with Crippen LogP contribution in [-0.4, -0.2) is 53.4 Å². The van der Waals surface area contributed by atoms with Crippen LogP contribution in [0, 0.1) is 0 Å². The van der Waals surface area contributed by atoms with Crippen LogP contribution in [0.1, 0.15) is 46.8 Å². The molecule has 0 aliphatic rings. The monoisotopic (exact) mass is 579 g/mol. The number of nitrogens with zero attached hydrogens (tertiary/aromatic N) is 2. The highest BCUT2D eigenvalue weighted by Gasteiger charge is 2.20. The van der Waals surface area contributed by atoms with Gasteiger partial charge in [0.15, 0.2) is 0 Å². The number of aromatic nitrogens is 1. The van der Waals surface area contributed by atoms with Crippen LogP contribution in [0.5, 0.6) is 0 Å². The van der Waals surface area contributed by atoms with E-state index in [4.69, 9.17) is 27.9 Å². The summed E-state index contributed by atoms with van der Waals surface area (Å²) in [7, 11) is 1.37. The number of carbonyl (C=O) groups is 2. The molecule has 0 bridgehead atoms. The van der Waals surface area contributed by atoms with Gasteiger partial charge in [-0.05, 0) is 66.4 Å². The molecule has 1 aromatic heterocycles. The molecule has 3 aromatic carbocycles. The first-order chi connectivity index (χ1) is 19.4. The molecule has 0 fully saturated rings. The minimum Gasteiger partial charge on any atom is -0.465 e. The molecule has 4 rings (SSSR count). The summed E-state index contributed by atoms with van der Waals surface area (Å²) in [6, 6.07) is 21.1. The van der Waals surface area contributed by atoms with Crippen LogP contribution in [0.25, 0.3) is 10.9 Å². The van der Waals surface area contributed by atoms with Crippen molar-refractivity contribution in [1.82, 2.24) is 14.8 Å². The van der Waals surface area contributed by atoms with Crippen LogP contribution in [0.15, 0.2) is 72.9 Å². The Bertz CT molecular complexity index is 1450. The number of carbonyl (C=O) groups excluding carboxylic acids is 2. The molecule has 0 aliphatic carbocycles. The van der Waals surface area contributed by atoms with Crippen molar-refractivity contribution < 1.29 is 14.3 Å². The summed E-state index contributed by atoms with van der Waals surface area (Å²) in [5, 5.41) is 2.12. The minimum atomic E-state index is -0.372. The number of aromatic amines is 1. The maximum atomic E-state index is 13.9. The zero-order chi connectivity index (χ0) is 28.5. The third kappa shape index (κ3) is 7.87. The van der Waals surface area contributed by atoms with Gasteiger partial charge in [-0.25, -0.2) is 4.79 Å². The van der Waals surface area contributed by atoms with Crippen molar-refractivity contribution in [2.75, 3.05) is 26.7 Å². The third-order valence-electron chi connectivity index (χ3n) is 6.98. The van der Waals surface area contributed by atoms with Crippen LogP contribution in [0.4, 0.5) is 0 Å². The van der Waals surface area contributed by atoms with Gasteiger partial charge in [-0.2, -0.15) is 0 Å². The highest BCUT2D eigenvalue weighted by molar-refractivity contribution is 6.42. The molecule has 1 heterocycles. The molecule has 0 saturated heterocycles. The Morgan fingerprint density at radius 3 is 2.48 bits per heavy atom. The number of halogens is 2. The number of methoxy groups -OCH3 is 1. The molecular weight excluding hydrogens is 545 g/mol. The number of rotatable bonds is 13. The van der Waals surface area contributed by atoms with E-state index in [2.05, 4.69) is 28.9 Å². The summed E-state index contributed by atoms with van der Waals surface area (Å²) in [6.45, 7) is 4.71. The van der Waals surface area contributed by atoms with Gasteiger partial charge in [-0.1, -0.05) is 72.9 Å². The number of amides is 1. The van der Waals surface area contributed by atoms with E-state index in [-0.39, 0.29) is 18.4 Å². The Labute approximate surface area is 245 Å². The summed E-state index contributed by atoms with van der Waals surface area (Å²) in [4.78, 5) is 33.3. The number of nitrogens with one attached hydrogen (secondary N) is 1. The van der Waals surface area contributed by atoms with E-state index < -0.39 is 0 Å². The molecule has 0 radical (unpaired) electrons. The number of unbranched alkanes of at least 4 members (excludes halogenated alkanes) is 1. The SMILES string of the molecule is CCCCN(CC(=O)N(CCc1c[nH]c2ccccc12)Cc1ccc(Cl)c(Cl)c1)Cc1cccc(C(=O)OC)c1. The molecule has 8 heteroatoms. The Hall–Kier alpha value is -3.32. The molecule has 0 saturated carbocycles. The standard InChI is InChI=1S/C32H35Cl2N3O3/c1-3-4-15-36(20-23-8-7-9-25(17-23)32(39)40-2)22-31(38)37(21-24-12-13-28(33)29(34)18-24)16-14-26-19-35-30-11-6-5-10-27(26)30/h5-13,17-19,35H,3-4,14-16,20-22H2,1-2H3. The first kappa shape index (κ1) is 29.7. The third-order valence-corrected chi connectivity index (χ3v) is 7.72. The number of ether oxygens (including phenoxy) is 1. The lowest BCUT2D eigenvalue weighted by Crippen LogP contribution is -2.41. The smallest absolute Gasteiger partial charge is 0.337 e. The highest BCUT2D eigenvalue weighted by Crippen LogP contribution is 2.24. The average Bonchev–Trinajstić information content (AvgIpc) is 3.38. The number of H-pyrrole nitrogens is 1. The minimum absolute atomic E-state index is 0.0335. The molecule has 210 valence electrons. The largest absolute Gasteiger partial charge is 0.465 e. The predicted molar refractivity (Wildman–Crippen MR) is 162 cm³/mol. The number of fused-ring (bicyclic) bond motifs is 1. The Morgan fingerprint density at radius 2 is 1.70 bits per heavy atom. The Balaban J connectivity index is 1.53. The Kier molecular flexibility index (Phi) is 10.6. The molecule has 40 heavy (non-hydrogen) atoms. The van der Waals surface area contributed by atoms with E-state index >= 15 is 0 Å². The molecule has 0 spiro atoms. The van der Waals surface area contributed by atoms with E-state index in [1.165, 1.54) is 18.1 Å². The van der Waals surface area contributed by atoms with E-state index in [1.54, 1.807) is 12.1 Å². The average molecular weight is 581 g/mol. The van der Waals surface area contributed by atoms with Crippen molar-refractivity contribution in [1.29, 1.82) is 0 Å². The lowest BCUT2D eigenvalue weighted by Gasteiger charge is -2.28. The fourth-order valence-corrected chi connectivity index (χ4v) is 5.12. The van der Waals surface area contributed by atoms with Gasteiger partial charge >= 0.3 is 5.97 Å². The lowest BCUT2D eigenvalue weighted by molar-refractivity contribution is -0.133. The summed E-state index contributed by atoms with van der Waals surface area (Å²) in [6.07, 6.45) is 4.72. The molecule has 4 aromatic rings. The van der Waals surface area contributed by atoms with Crippen LogP contribution in [-0.2, 0) is 29.0 Å². The molecular formula is C32H35Cl2N3O3. The van der Waals surface area contributed by atoms with Crippen molar-refractivity contribution in [3.63, 3.8) is 0 Å². The predicted octanol–water partition coefficient (Wildman–Crippen LogP) is 7.13. The van der Waals surface area contributed by atoms with Gasteiger partial charge in [0.05, 0.1) is 29.3 Å². The van der Waals surface area contributed by atoms with Gasteiger partial charge < -0.3 is 14.6 Å². The van der Waals surface area contributed by atoms with E-state index in [9.17, 15) is 9.59 Å². The van der Waals surface area contributed by atoms with E-state index in [0.717, 1.165) is 36.0 Å². The highest BCUT2D eigenvalue weighted by atomic mass is 35.5. The summed E-state index contributed by atoms with van der Waals surface area (Å²) < 4.78 is 4.88. The quantitative estimate of drug-likeness (QED) is 0.171. The van der Waals surface area contributed by atoms with Crippen molar-refractivity contribution in [2.24, 2.45) is 0 Å². The van der Waals surface area contributed by atoms with Gasteiger partial charge in [0, 0.05) is 36.7 Å². The van der Waals surface area contributed by atoms with Crippen LogP contribution in [0.2, 0.25) is 10.0 Å². The second-order valence-corrected chi connectivity index (χ2v) is 10.7. The molecule has 6 nitrogen and oxygen atoms in total. The normalized spacial score (nSPS) is 11.2. The molecule has 0 aliphatic heterocycles. The number of hydrogen-bond acceptors (Lipinski definition) is 4. The van der Waals surface area contributed by atoms with E-state index in [0.29, 0.717) is 41.7 Å². The van der Waals surface area contributed by atoms with Gasteiger partial charge in [0.25, 0.3) is 0 Å². The maximum absolute atomic E-state index is 13.9. The molecule has 0 unspecified atom stereocenters. The van der Waals surface area contributed by atoms with Crippen molar-refractivity contribution in [3.8, 4) is 0 Å². The zero-order valence-electron chi connectivity index (χ0n) is 23.0. The first-order valence-electron chi connectivity index (χ1n) is 13.5. The summed E-state index contributed by atoms with van der Waals surface area (Å²) in [5.41, 5.74) is 4.64. The second-order valence-electron chi connectivity index (χ2n) is 9.93. The van der Waals surface area contributed by atoms with Gasteiger partial charge in [-0.15, -0.1) is 0 Å². The number of para-hydroxylation sites is 1. The fraction of sp³-hybridized carbons (Fsp3) is 0.312. The lowest BCUT2D eigenvalue weighted by atomic mass is 10.1. The molecule has 1 N–H and O–H groups in total. The summed E-state index contributed by atoms with van der Waals surface area (Å²) >= 11 is 12.4. The second kappa shape index (κ2) is 14.4. The maximum Gasteiger partial charge on any atom is 0.337 e. The summed E-state index contributed by atoms with van der Waals surface area (Å²) in [5.74, 6) is -0.339. The van der Waals surface area contributed by atoms with Crippen molar-refractivity contribution in [3.05, 3.63) is 105 Å². The zero-order valence-corrected chi connectivity index (χ0v) is 24.5. The van der Waals surface area contributed by atoms with E-state index in [1.807, 2.05) is 53.6 Å². The topological polar surface area (TPSA) is 65.6 Å². The molecule has 1 amide bonds. The number of hydrogen-bond donors (Lipinski definition) is 1. The number of benzene rings is 3. The van der Waals surface area contributed by atoms with Gasteiger partial charge in [0.2, 0.25) is 5.91 Å².